The number of piperazine rings is 1. The van der Waals surface area contributed by atoms with Gasteiger partial charge in [-0.2, -0.15) is 0 Å². The lowest BCUT2D eigenvalue weighted by atomic mass is 10.1. The standard InChI is InChI=1S/C11H24N4O3/c1-11(2,17)9-15-7-5-14(6-8-15)4-3-10(16)18-13-12/h13,17H,3-9,12H2,1-2H3. The Morgan fingerprint density at radius 2 is 1.89 bits per heavy atom. The molecule has 0 unspecified atom stereocenters. The number of hydrazine groups is 1. The van der Waals surface area contributed by atoms with Gasteiger partial charge < -0.3 is 14.8 Å². The third-order valence-electron chi connectivity index (χ3n) is 2.88. The second-order valence-corrected chi connectivity index (χ2v) is 5.27. The maximum absolute atomic E-state index is 11.1. The van der Waals surface area contributed by atoms with Gasteiger partial charge in [0.25, 0.3) is 0 Å². The van der Waals surface area contributed by atoms with E-state index in [0.29, 0.717) is 19.5 Å². The number of rotatable bonds is 6. The number of β-amino-alcohol motifs (C(OH)–C–C–N with tert-alkyl or cyclic N) is 1. The fraction of sp³-hybridized carbons (Fsp3) is 0.909. The van der Waals surface area contributed by atoms with Gasteiger partial charge in [0.2, 0.25) is 0 Å². The van der Waals surface area contributed by atoms with Crippen molar-refractivity contribution in [2.75, 3.05) is 39.3 Å². The van der Waals surface area contributed by atoms with Crippen molar-refractivity contribution in [2.45, 2.75) is 25.9 Å². The van der Waals surface area contributed by atoms with Gasteiger partial charge in [0.15, 0.2) is 0 Å². The molecule has 0 saturated carbocycles. The van der Waals surface area contributed by atoms with E-state index in [1.807, 2.05) is 19.4 Å². The summed E-state index contributed by atoms with van der Waals surface area (Å²) < 4.78 is 0. The summed E-state index contributed by atoms with van der Waals surface area (Å²) in [6.07, 6.45) is 0.329. The van der Waals surface area contributed by atoms with Gasteiger partial charge in [-0.1, -0.05) is 5.59 Å². The van der Waals surface area contributed by atoms with Crippen LogP contribution in [0.4, 0.5) is 0 Å². The highest BCUT2D eigenvalue weighted by atomic mass is 16.7. The first-order valence-electron chi connectivity index (χ1n) is 6.23. The lowest BCUT2D eigenvalue weighted by molar-refractivity contribution is -0.151. The van der Waals surface area contributed by atoms with Crippen LogP contribution >= 0.6 is 0 Å². The van der Waals surface area contributed by atoms with Crippen LogP contribution in [0.2, 0.25) is 0 Å². The molecule has 0 aromatic carbocycles. The van der Waals surface area contributed by atoms with Crippen molar-refractivity contribution in [2.24, 2.45) is 5.84 Å². The van der Waals surface area contributed by atoms with Crippen molar-refractivity contribution in [3.8, 4) is 0 Å². The zero-order valence-electron chi connectivity index (χ0n) is 11.2. The number of hydrogen-bond acceptors (Lipinski definition) is 7. The van der Waals surface area contributed by atoms with E-state index in [1.54, 1.807) is 0 Å². The third-order valence-corrected chi connectivity index (χ3v) is 2.88. The molecule has 0 aliphatic carbocycles. The summed E-state index contributed by atoms with van der Waals surface area (Å²) in [4.78, 5) is 20.0. The van der Waals surface area contributed by atoms with Crippen LogP contribution < -0.4 is 11.4 Å². The molecule has 7 heteroatoms. The quantitative estimate of drug-likeness (QED) is 0.403. The monoisotopic (exact) mass is 260 g/mol. The lowest BCUT2D eigenvalue weighted by Crippen LogP contribution is -2.50. The molecule has 1 aliphatic heterocycles. The molecule has 1 aliphatic rings. The Morgan fingerprint density at radius 1 is 1.33 bits per heavy atom. The molecule has 106 valence electrons. The molecule has 0 amide bonds. The van der Waals surface area contributed by atoms with Gasteiger partial charge in [-0.05, 0) is 13.8 Å². The van der Waals surface area contributed by atoms with Crippen LogP contribution in [-0.2, 0) is 9.63 Å². The number of aliphatic hydroxyl groups is 1. The zero-order valence-corrected chi connectivity index (χ0v) is 11.2. The third kappa shape index (κ3) is 6.27. The predicted molar refractivity (Wildman–Crippen MR) is 67.2 cm³/mol. The highest BCUT2D eigenvalue weighted by Crippen LogP contribution is 2.08. The number of nitrogens with zero attached hydrogens (tertiary/aromatic N) is 2. The molecular formula is C11H24N4O3. The maximum atomic E-state index is 11.1. The highest BCUT2D eigenvalue weighted by Gasteiger charge is 2.22. The first kappa shape index (κ1) is 15.3. The minimum atomic E-state index is -0.654. The van der Waals surface area contributed by atoms with Crippen LogP contribution in [0.5, 0.6) is 0 Å². The predicted octanol–water partition coefficient (Wildman–Crippen LogP) is -1.31. The van der Waals surface area contributed by atoms with Gasteiger partial charge in [-0.25, -0.2) is 5.84 Å². The number of carbonyl (C=O) groups is 1. The van der Waals surface area contributed by atoms with Crippen LogP contribution in [0.1, 0.15) is 20.3 Å². The Morgan fingerprint density at radius 3 is 2.39 bits per heavy atom. The van der Waals surface area contributed by atoms with Gasteiger partial charge in [0.1, 0.15) is 0 Å². The molecular weight excluding hydrogens is 236 g/mol. The van der Waals surface area contributed by atoms with Crippen molar-refractivity contribution < 1.29 is 14.7 Å². The van der Waals surface area contributed by atoms with Gasteiger partial charge >= 0.3 is 5.97 Å². The molecule has 1 saturated heterocycles. The van der Waals surface area contributed by atoms with Crippen LogP contribution in [0.15, 0.2) is 0 Å². The summed E-state index contributed by atoms with van der Waals surface area (Å²) in [5.74, 6) is 4.53. The van der Waals surface area contributed by atoms with E-state index in [-0.39, 0.29) is 5.97 Å². The molecule has 7 nitrogen and oxygen atoms in total. The molecule has 1 heterocycles. The SMILES string of the molecule is CC(C)(O)CN1CCN(CCC(=O)ONN)CC1. The van der Waals surface area contributed by atoms with Crippen molar-refractivity contribution >= 4 is 5.97 Å². The van der Waals surface area contributed by atoms with Crippen molar-refractivity contribution in [3.63, 3.8) is 0 Å². The van der Waals surface area contributed by atoms with E-state index in [2.05, 4.69) is 14.6 Å². The van der Waals surface area contributed by atoms with Crippen LogP contribution in [-0.4, -0.2) is 65.7 Å². The Hall–Kier alpha value is -0.730. The van der Waals surface area contributed by atoms with Gasteiger partial charge in [-0.15, -0.1) is 0 Å². The molecule has 18 heavy (non-hydrogen) atoms. The van der Waals surface area contributed by atoms with E-state index >= 15 is 0 Å². The zero-order chi connectivity index (χ0) is 13.6. The molecule has 0 bridgehead atoms. The number of nitrogens with two attached hydrogens (primary N) is 1. The maximum Gasteiger partial charge on any atom is 0.327 e. The Balaban J connectivity index is 2.17. The van der Waals surface area contributed by atoms with Crippen molar-refractivity contribution in [3.05, 3.63) is 0 Å². The summed E-state index contributed by atoms with van der Waals surface area (Å²) in [6, 6.07) is 0. The average Bonchev–Trinajstić information content (AvgIpc) is 2.26. The summed E-state index contributed by atoms with van der Waals surface area (Å²) >= 11 is 0. The topological polar surface area (TPSA) is 91.1 Å². The Labute approximate surface area is 108 Å². The summed E-state index contributed by atoms with van der Waals surface area (Å²) in [5.41, 5.74) is 1.23. The van der Waals surface area contributed by atoms with Crippen LogP contribution in [0, 0.1) is 0 Å². The molecule has 0 radical (unpaired) electrons. The first-order chi connectivity index (χ1) is 8.40. The molecule has 0 atom stereocenters. The van der Waals surface area contributed by atoms with Gasteiger partial charge in [0, 0.05) is 39.3 Å². The van der Waals surface area contributed by atoms with E-state index in [1.165, 1.54) is 0 Å². The van der Waals surface area contributed by atoms with Gasteiger partial charge in [0.05, 0.1) is 12.0 Å². The minimum absolute atomic E-state index is 0.329. The number of carbonyl (C=O) groups excluding carboxylic acids is 1. The minimum Gasteiger partial charge on any atom is -0.389 e. The molecule has 0 aromatic heterocycles. The summed E-state index contributed by atoms with van der Waals surface area (Å²) in [6.45, 7) is 8.61. The molecule has 0 aromatic rings. The average molecular weight is 260 g/mol. The van der Waals surface area contributed by atoms with Gasteiger partial charge in [-0.3, -0.25) is 9.69 Å². The largest absolute Gasteiger partial charge is 0.389 e. The second kappa shape index (κ2) is 7.01. The van der Waals surface area contributed by atoms with Crippen molar-refractivity contribution in [1.82, 2.24) is 15.4 Å². The normalized spacial score (nSPS) is 18.9. The second-order valence-electron chi connectivity index (χ2n) is 5.27. The fourth-order valence-electron chi connectivity index (χ4n) is 2.08. The number of hydrogen-bond donors (Lipinski definition) is 3. The summed E-state index contributed by atoms with van der Waals surface area (Å²) in [5, 5.41) is 9.74. The van der Waals surface area contributed by atoms with E-state index in [0.717, 1.165) is 26.2 Å². The lowest BCUT2D eigenvalue weighted by Gasteiger charge is -2.37. The molecule has 1 rings (SSSR count). The van der Waals surface area contributed by atoms with Crippen molar-refractivity contribution in [1.29, 1.82) is 0 Å². The van der Waals surface area contributed by atoms with Crippen LogP contribution in [0.3, 0.4) is 0 Å². The van der Waals surface area contributed by atoms with Crippen LogP contribution in [0.25, 0.3) is 0 Å². The van der Waals surface area contributed by atoms with E-state index in [9.17, 15) is 9.90 Å². The van der Waals surface area contributed by atoms with E-state index < -0.39 is 5.60 Å². The number of nitrogens with one attached hydrogen (secondary N) is 1. The van der Waals surface area contributed by atoms with E-state index in [4.69, 9.17) is 5.84 Å². The smallest absolute Gasteiger partial charge is 0.327 e. The molecule has 0 spiro atoms. The Bertz CT molecular complexity index is 260. The highest BCUT2D eigenvalue weighted by molar-refractivity contribution is 5.69. The molecule has 1 fully saturated rings. The Kier molecular flexibility index (Phi) is 5.97. The first-order valence-corrected chi connectivity index (χ1v) is 6.23. The fourth-order valence-corrected chi connectivity index (χ4v) is 2.08. The summed E-state index contributed by atoms with van der Waals surface area (Å²) in [7, 11) is 0. The molecule has 4 N–H and O–H groups in total.